The van der Waals surface area contributed by atoms with Crippen LogP contribution >= 0.6 is 11.6 Å². The highest BCUT2D eigenvalue weighted by Gasteiger charge is 2.40. The number of nitrogens with one attached hydrogen (secondary N) is 1. The summed E-state index contributed by atoms with van der Waals surface area (Å²) < 4.78 is 26.5. The zero-order chi connectivity index (χ0) is 26.6. The Morgan fingerprint density at radius 2 is 1.78 bits per heavy atom. The number of fused-ring (bicyclic) bond motifs is 1. The van der Waals surface area contributed by atoms with Gasteiger partial charge in [0.05, 0.1) is 5.56 Å². The van der Waals surface area contributed by atoms with Crippen LogP contribution < -0.4 is 5.32 Å². The van der Waals surface area contributed by atoms with Crippen molar-refractivity contribution >= 4 is 39.3 Å². The summed E-state index contributed by atoms with van der Waals surface area (Å²) in [5.74, 6) is -1.03. The fourth-order valence-electron chi connectivity index (χ4n) is 5.04. The Bertz CT molecular complexity index is 1260. The quantitative estimate of drug-likeness (QED) is 0.483. The number of hydrogen-bond acceptors (Lipinski definition) is 5. The van der Waals surface area contributed by atoms with Crippen molar-refractivity contribution in [1.29, 1.82) is 0 Å². The molecule has 0 radical (unpaired) electrons. The molecule has 4 rings (SSSR count). The Kier molecular flexibility index (Phi) is 8.54. The van der Waals surface area contributed by atoms with E-state index in [1.807, 2.05) is 19.1 Å². The van der Waals surface area contributed by atoms with Crippen LogP contribution in [0, 0.1) is 0 Å². The Morgan fingerprint density at radius 1 is 1.11 bits per heavy atom. The van der Waals surface area contributed by atoms with E-state index in [1.54, 1.807) is 29.2 Å². The molecule has 1 aliphatic heterocycles. The first kappa shape index (κ1) is 27.1. The van der Waals surface area contributed by atoms with E-state index in [2.05, 4.69) is 5.32 Å². The molecule has 37 heavy (non-hydrogen) atoms. The molecule has 2 aromatic rings. The first-order valence-corrected chi connectivity index (χ1v) is 14.5. The summed E-state index contributed by atoms with van der Waals surface area (Å²) in [7, 11) is -3.93. The van der Waals surface area contributed by atoms with E-state index in [-0.39, 0.29) is 54.2 Å². The topological polar surface area (TPSA) is 104 Å². The van der Waals surface area contributed by atoms with Gasteiger partial charge in [-0.05, 0) is 55.5 Å². The summed E-state index contributed by atoms with van der Waals surface area (Å²) in [6.45, 7) is 1.98. The van der Waals surface area contributed by atoms with Gasteiger partial charge in [0.1, 0.15) is 10.9 Å². The van der Waals surface area contributed by atoms with Crippen LogP contribution in [-0.4, -0.2) is 54.0 Å². The van der Waals surface area contributed by atoms with E-state index in [1.165, 1.54) is 12.1 Å². The molecular formula is C27H32ClN3O5S. The normalized spacial score (nSPS) is 17.5. The fraction of sp³-hybridized carbons (Fsp3) is 0.444. The van der Waals surface area contributed by atoms with Crippen LogP contribution in [0.25, 0.3) is 0 Å². The Morgan fingerprint density at radius 3 is 2.43 bits per heavy atom. The van der Waals surface area contributed by atoms with Crippen LogP contribution in [0.15, 0.2) is 53.4 Å². The Hall–Kier alpha value is -2.91. The largest absolute Gasteiger partial charge is 0.352 e. The summed E-state index contributed by atoms with van der Waals surface area (Å²) in [5.41, 5.74) is 0.977. The summed E-state index contributed by atoms with van der Waals surface area (Å²) in [5, 5.41) is 3.68. The van der Waals surface area contributed by atoms with Gasteiger partial charge in [-0.2, -0.15) is 0 Å². The summed E-state index contributed by atoms with van der Waals surface area (Å²) in [6, 6.07) is 12.7. The van der Waals surface area contributed by atoms with Crippen molar-refractivity contribution in [3.63, 3.8) is 0 Å². The van der Waals surface area contributed by atoms with Crippen LogP contribution in [-0.2, 0) is 26.2 Å². The molecule has 0 spiro atoms. The highest BCUT2D eigenvalue weighted by molar-refractivity contribution is 7.90. The SMILES string of the molecule is CCC(C(=O)NC1CCCC1)N(Cc1ccc(Cl)cc1)C(=O)CCCN1C(=O)c2ccccc2S1(=O)=O. The molecular weight excluding hydrogens is 514 g/mol. The molecule has 3 amide bonds. The van der Waals surface area contributed by atoms with Gasteiger partial charge in [-0.3, -0.25) is 14.4 Å². The molecule has 1 fully saturated rings. The minimum absolute atomic E-state index is 0.00353. The summed E-state index contributed by atoms with van der Waals surface area (Å²) in [4.78, 5) is 40.9. The molecule has 0 saturated heterocycles. The average Bonchev–Trinajstić information content (AvgIpc) is 3.46. The zero-order valence-corrected chi connectivity index (χ0v) is 22.4. The molecule has 1 heterocycles. The van der Waals surface area contributed by atoms with Crippen molar-refractivity contribution in [1.82, 2.24) is 14.5 Å². The lowest BCUT2D eigenvalue weighted by atomic mass is 10.1. The smallest absolute Gasteiger partial charge is 0.269 e. The molecule has 10 heteroatoms. The van der Waals surface area contributed by atoms with Crippen LogP contribution in [0.2, 0.25) is 5.02 Å². The van der Waals surface area contributed by atoms with E-state index >= 15 is 0 Å². The van der Waals surface area contributed by atoms with Gasteiger partial charge >= 0.3 is 0 Å². The van der Waals surface area contributed by atoms with E-state index in [0.717, 1.165) is 35.6 Å². The molecule has 1 unspecified atom stereocenters. The number of halogens is 1. The Balaban J connectivity index is 1.46. The van der Waals surface area contributed by atoms with Crippen molar-refractivity contribution in [2.24, 2.45) is 0 Å². The lowest BCUT2D eigenvalue weighted by Crippen LogP contribution is -2.51. The van der Waals surface area contributed by atoms with Gasteiger partial charge in [0.25, 0.3) is 15.9 Å². The number of benzene rings is 2. The summed E-state index contributed by atoms with van der Waals surface area (Å²) >= 11 is 6.02. The van der Waals surface area contributed by atoms with Gasteiger partial charge in [0, 0.05) is 30.6 Å². The summed E-state index contributed by atoms with van der Waals surface area (Å²) in [6.07, 6.45) is 4.62. The third-order valence-corrected chi connectivity index (χ3v) is 9.11. The first-order chi connectivity index (χ1) is 17.7. The van der Waals surface area contributed by atoms with Crippen LogP contribution in [0.5, 0.6) is 0 Å². The number of nitrogens with zero attached hydrogens (tertiary/aromatic N) is 2. The zero-order valence-electron chi connectivity index (χ0n) is 20.9. The van der Waals surface area contributed by atoms with Crippen molar-refractivity contribution in [3.05, 3.63) is 64.7 Å². The van der Waals surface area contributed by atoms with Gasteiger partial charge < -0.3 is 10.2 Å². The number of sulfonamides is 1. The fourth-order valence-corrected chi connectivity index (χ4v) is 6.78. The van der Waals surface area contributed by atoms with Gasteiger partial charge in [0.2, 0.25) is 11.8 Å². The lowest BCUT2D eigenvalue weighted by Gasteiger charge is -2.31. The van der Waals surface area contributed by atoms with Gasteiger partial charge in [-0.15, -0.1) is 0 Å². The second-order valence-corrected chi connectivity index (χ2v) is 11.8. The number of hydrogen-bond donors (Lipinski definition) is 1. The number of amides is 3. The molecule has 1 N–H and O–H groups in total. The molecule has 8 nitrogen and oxygen atoms in total. The van der Waals surface area contributed by atoms with Crippen LogP contribution in [0.1, 0.15) is 67.8 Å². The predicted octanol–water partition coefficient (Wildman–Crippen LogP) is 4.13. The lowest BCUT2D eigenvalue weighted by molar-refractivity contribution is -0.141. The van der Waals surface area contributed by atoms with Crippen molar-refractivity contribution < 1.29 is 22.8 Å². The van der Waals surface area contributed by atoms with Gasteiger partial charge in [0.15, 0.2) is 0 Å². The minimum Gasteiger partial charge on any atom is -0.352 e. The van der Waals surface area contributed by atoms with E-state index in [0.29, 0.717) is 11.4 Å². The number of rotatable bonds is 10. The van der Waals surface area contributed by atoms with E-state index in [9.17, 15) is 22.8 Å². The third-order valence-electron chi connectivity index (χ3n) is 7.02. The molecule has 2 aromatic carbocycles. The molecule has 198 valence electrons. The van der Waals surface area contributed by atoms with Gasteiger partial charge in [-0.25, -0.2) is 12.7 Å². The highest BCUT2D eigenvalue weighted by atomic mass is 35.5. The minimum atomic E-state index is -3.93. The molecule has 1 saturated carbocycles. The molecule has 2 aliphatic rings. The third kappa shape index (κ3) is 5.99. The average molecular weight is 546 g/mol. The van der Waals surface area contributed by atoms with Crippen molar-refractivity contribution in [3.8, 4) is 0 Å². The maximum atomic E-state index is 13.5. The second kappa shape index (κ2) is 11.6. The highest BCUT2D eigenvalue weighted by Crippen LogP contribution is 2.30. The molecule has 1 atom stereocenters. The standard InChI is InChI=1S/C27H32ClN3O5S/c1-2-23(26(33)29-21-8-3-4-9-21)30(18-19-13-15-20(28)16-14-19)25(32)12-7-17-31-27(34)22-10-5-6-11-24(22)37(31,35)36/h5-6,10-11,13-16,21,23H,2-4,7-9,12,17-18H2,1H3,(H,29,33). The van der Waals surface area contributed by atoms with Gasteiger partial charge in [-0.1, -0.05) is 55.6 Å². The first-order valence-electron chi connectivity index (χ1n) is 12.7. The number of carbonyl (C=O) groups excluding carboxylic acids is 3. The second-order valence-electron chi connectivity index (χ2n) is 9.54. The number of carbonyl (C=O) groups is 3. The van der Waals surface area contributed by atoms with Crippen LogP contribution in [0.3, 0.4) is 0 Å². The van der Waals surface area contributed by atoms with Crippen molar-refractivity contribution in [2.75, 3.05) is 6.54 Å². The van der Waals surface area contributed by atoms with E-state index in [4.69, 9.17) is 11.6 Å². The van der Waals surface area contributed by atoms with Crippen molar-refractivity contribution in [2.45, 2.75) is 75.4 Å². The van der Waals surface area contributed by atoms with E-state index < -0.39 is 22.0 Å². The maximum absolute atomic E-state index is 13.5. The molecule has 0 aromatic heterocycles. The predicted molar refractivity (Wildman–Crippen MR) is 140 cm³/mol. The monoisotopic (exact) mass is 545 g/mol. The molecule has 1 aliphatic carbocycles. The Labute approximate surface area is 223 Å². The molecule has 0 bridgehead atoms. The maximum Gasteiger partial charge on any atom is 0.269 e. The van der Waals surface area contributed by atoms with Crippen LogP contribution in [0.4, 0.5) is 0 Å².